The third kappa shape index (κ3) is 1.26. The van der Waals surface area contributed by atoms with E-state index >= 15 is 0 Å². The summed E-state index contributed by atoms with van der Waals surface area (Å²) in [6.45, 7) is 5.56. The molecule has 4 rings (SSSR count). The van der Waals surface area contributed by atoms with Crippen LogP contribution in [0.15, 0.2) is 36.7 Å². The van der Waals surface area contributed by atoms with Gasteiger partial charge in [-0.3, -0.25) is 4.79 Å². The van der Waals surface area contributed by atoms with Gasteiger partial charge in [-0.15, -0.1) is 0 Å². The number of likely N-dealkylation sites (N-methyl/N-ethyl adjacent to an activating group) is 1. The molecule has 2 aliphatic rings. The zero-order chi connectivity index (χ0) is 13.1. The van der Waals surface area contributed by atoms with E-state index in [1.54, 1.807) is 4.90 Å². The number of aromatic amines is 1. The molecule has 0 aliphatic carbocycles. The Balaban J connectivity index is 1.98. The largest absolute Gasteiger partial charge is 0.357 e. The van der Waals surface area contributed by atoms with Gasteiger partial charge in [-0.1, -0.05) is 24.8 Å². The predicted molar refractivity (Wildman–Crippen MR) is 73.4 cm³/mol. The van der Waals surface area contributed by atoms with Crippen LogP contribution in [0.1, 0.15) is 17.2 Å². The molecular weight excluding hydrogens is 238 g/mol. The fourth-order valence-corrected chi connectivity index (χ4v) is 3.28. The number of para-hydroxylation sites is 1. The highest BCUT2D eigenvalue weighted by atomic mass is 16.2. The van der Waals surface area contributed by atoms with Crippen LogP contribution in [0.2, 0.25) is 0 Å². The second-order valence-corrected chi connectivity index (χ2v) is 5.31. The predicted octanol–water partition coefficient (Wildman–Crippen LogP) is 2.01. The van der Waals surface area contributed by atoms with Gasteiger partial charge in [0.1, 0.15) is 5.82 Å². The molecule has 4 nitrogen and oxygen atoms in total. The molecule has 1 amide bonds. The zero-order valence-electron chi connectivity index (χ0n) is 10.8. The van der Waals surface area contributed by atoms with Crippen molar-refractivity contribution in [2.24, 2.45) is 0 Å². The lowest BCUT2D eigenvalue weighted by atomic mass is 9.89. The number of rotatable bonds is 0. The fourth-order valence-electron chi connectivity index (χ4n) is 3.28. The Labute approximate surface area is 111 Å². The lowest BCUT2D eigenvalue weighted by Gasteiger charge is -2.44. The first-order valence-electron chi connectivity index (χ1n) is 6.47. The first-order valence-corrected chi connectivity index (χ1v) is 6.47. The van der Waals surface area contributed by atoms with Crippen molar-refractivity contribution in [3.8, 4) is 0 Å². The van der Waals surface area contributed by atoms with Crippen LogP contribution in [0.3, 0.4) is 0 Å². The van der Waals surface area contributed by atoms with Crippen molar-refractivity contribution >= 4 is 16.8 Å². The Morgan fingerprint density at radius 2 is 2.16 bits per heavy atom. The molecule has 3 heterocycles. The molecule has 1 atom stereocenters. The second kappa shape index (κ2) is 3.41. The van der Waals surface area contributed by atoms with E-state index in [0.717, 1.165) is 30.1 Å². The number of benzene rings is 1. The van der Waals surface area contributed by atoms with Gasteiger partial charge >= 0.3 is 0 Å². The molecule has 0 saturated carbocycles. The lowest BCUT2D eigenvalue weighted by Crippen LogP contribution is -2.50. The number of fused-ring (bicyclic) bond motifs is 6. The normalized spacial score (nSPS) is 22.1. The van der Waals surface area contributed by atoms with E-state index in [9.17, 15) is 4.79 Å². The third-order valence-electron chi connectivity index (χ3n) is 4.31. The van der Waals surface area contributed by atoms with E-state index in [2.05, 4.69) is 28.6 Å². The maximum Gasteiger partial charge on any atom is 0.237 e. The maximum atomic E-state index is 12.5. The van der Waals surface area contributed by atoms with Crippen LogP contribution < -0.4 is 0 Å². The van der Waals surface area contributed by atoms with E-state index in [0.29, 0.717) is 0 Å². The number of carbonyl (C=O) groups is 1. The molecule has 96 valence electrons. The Morgan fingerprint density at radius 3 is 3.00 bits per heavy atom. The number of hydrogen-bond donors (Lipinski definition) is 1. The van der Waals surface area contributed by atoms with Gasteiger partial charge in [-0.05, 0) is 11.6 Å². The first kappa shape index (κ1) is 10.7. The molecule has 1 aromatic carbocycles. The number of nitrogens with zero attached hydrogens (tertiary/aromatic N) is 2. The summed E-state index contributed by atoms with van der Waals surface area (Å²) in [5.41, 5.74) is 3.44. The first-order chi connectivity index (χ1) is 9.16. The third-order valence-corrected chi connectivity index (χ3v) is 4.31. The fraction of sp³-hybridized carbons (Fsp3) is 0.267. The number of amides is 1. The average Bonchev–Trinajstić information content (AvgIpc) is 2.80. The van der Waals surface area contributed by atoms with Crippen molar-refractivity contribution in [2.45, 2.75) is 12.5 Å². The molecule has 19 heavy (non-hydrogen) atoms. The van der Waals surface area contributed by atoms with E-state index in [1.165, 1.54) is 10.9 Å². The Bertz CT molecular complexity index is 715. The molecule has 1 saturated heterocycles. The number of H-pyrrole nitrogens is 1. The lowest BCUT2D eigenvalue weighted by molar-refractivity contribution is -0.134. The molecule has 2 bridgehead atoms. The SMILES string of the molecule is C=C1N2Cc3[nH]c4ccccc4c3C(C2)C(=O)N1C. The van der Waals surface area contributed by atoms with Crippen LogP contribution in [0, 0.1) is 0 Å². The summed E-state index contributed by atoms with van der Waals surface area (Å²) >= 11 is 0. The van der Waals surface area contributed by atoms with Crippen LogP contribution in [-0.4, -0.2) is 34.3 Å². The van der Waals surface area contributed by atoms with Crippen molar-refractivity contribution in [1.82, 2.24) is 14.8 Å². The summed E-state index contributed by atoms with van der Waals surface area (Å²) in [5.74, 6) is 0.868. The molecule has 0 spiro atoms. The summed E-state index contributed by atoms with van der Waals surface area (Å²) in [6, 6.07) is 8.20. The number of aromatic nitrogens is 1. The molecule has 1 aromatic heterocycles. The van der Waals surface area contributed by atoms with Gasteiger partial charge in [-0.25, -0.2) is 0 Å². The van der Waals surface area contributed by atoms with Gasteiger partial charge in [0, 0.05) is 30.2 Å². The van der Waals surface area contributed by atoms with E-state index in [-0.39, 0.29) is 11.8 Å². The smallest absolute Gasteiger partial charge is 0.237 e. The van der Waals surface area contributed by atoms with Gasteiger partial charge in [0.25, 0.3) is 0 Å². The number of hydrogen-bond acceptors (Lipinski definition) is 2. The summed E-state index contributed by atoms with van der Waals surface area (Å²) in [4.78, 5) is 19.8. The number of carbonyl (C=O) groups excluding carboxylic acids is 1. The minimum Gasteiger partial charge on any atom is -0.357 e. The maximum absolute atomic E-state index is 12.5. The van der Waals surface area contributed by atoms with Crippen molar-refractivity contribution in [1.29, 1.82) is 0 Å². The molecule has 2 aliphatic heterocycles. The van der Waals surface area contributed by atoms with Crippen molar-refractivity contribution in [3.05, 3.63) is 47.9 Å². The van der Waals surface area contributed by atoms with Gasteiger partial charge in [0.2, 0.25) is 5.91 Å². The van der Waals surface area contributed by atoms with Gasteiger partial charge in [0.05, 0.1) is 12.5 Å². The summed E-state index contributed by atoms with van der Waals surface area (Å²) < 4.78 is 0. The molecule has 1 unspecified atom stereocenters. The van der Waals surface area contributed by atoms with Crippen molar-refractivity contribution in [3.63, 3.8) is 0 Å². The average molecular weight is 253 g/mol. The molecule has 0 radical (unpaired) electrons. The van der Waals surface area contributed by atoms with E-state index < -0.39 is 0 Å². The topological polar surface area (TPSA) is 39.3 Å². The van der Waals surface area contributed by atoms with Gasteiger partial charge < -0.3 is 14.8 Å². The minimum absolute atomic E-state index is 0.0737. The summed E-state index contributed by atoms with van der Waals surface area (Å²) in [7, 11) is 1.81. The molecule has 1 N–H and O–H groups in total. The molecule has 1 fully saturated rings. The van der Waals surface area contributed by atoms with Crippen LogP contribution in [-0.2, 0) is 11.3 Å². The van der Waals surface area contributed by atoms with E-state index in [1.807, 2.05) is 19.2 Å². The monoisotopic (exact) mass is 253 g/mol. The van der Waals surface area contributed by atoms with Crippen molar-refractivity contribution < 1.29 is 4.79 Å². The highest BCUT2D eigenvalue weighted by Gasteiger charge is 2.40. The van der Waals surface area contributed by atoms with Crippen LogP contribution >= 0.6 is 0 Å². The number of nitrogens with one attached hydrogen (secondary N) is 1. The van der Waals surface area contributed by atoms with Gasteiger partial charge in [0.15, 0.2) is 0 Å². The standard InChI is InChI=1S/C15H15N3O/c1-9-17(2)15(19)11-7-18(9)8-13-14(11)10-5-3-4-6-12(10)16-13/h3-6,11,16H,1,7-8H2,2H3. The quantitative estimate of drug-likeness (QED) is 0.780. The Morgan fingerprint density at radius 1 is 1.37 bits per heavy atom. The molecular formula is C15H15N3O. The second-order valence-electron chi connectivity index (χ2n) is 5.31. The Kier molecular flexibility index (Phi) is 1.91. The minimum atomic E-state index is -0.0737. The summed E-state index contributed by atoms with van der Waals surface area (Å²) in [5, 5.41) is 1.18. The van der Waals surface area contributed by atoms with Crippen molar-refractivity contribution in [2.75, 3.05) is 13.6 Å². The van der Waals surface area contributed by atoms with Gasteiger partial charge in [-0.2, -0.15) is 0 Å². The Hall–Kier alpha value is -2.23. The van der Waals surface area contributed by atoms with Crippen LogP contribution in [0.5, 0.6) is 0 Å². The van der Waals surface area contributed by atoms with E-state index in [4.69, 9.17) is 0 Å². The highest BCUT2D eigenvalue weighted by Crippen LogP contribution is 2.39. The molecule has 4 heteroatoms. The van der Waals surface area contributed by atoms with Crippen LogP contribution in [0.4, 0.5) is 0 Å². The molecule has 2 aromatic rings. The zero-order valence-corrected chi connectivity index (χ0v) is 10.8. The van der Waals surface area contributed by atoms with Crippen LogP contribution in [0.25, 0.3) is 10.9 Å². The summed E-state index contributed by atoms with van der Waals surface area (Å²) in [6.07, 6.45) is 0. The highest BCUT2D eigenvalue weighted by molar-refractivity contribution is 5.95.